The maximum atomic E-state index is 13.5. The number of fused-ring (bicyclic) bond motifs is 2. The summed E-state index contributed by atoms with van der Waals surface area (Å²) in [6, 6.07) is 33.7. The van der Waals surface area contributed by atoms with Crippen molar-refractivity contribution in [1.29, 1.82) is 0 Å². The largest absolute Gasteiger partial charge is 0.461 e. The Balaban J connectivity index is 0.000000205. The molecule has 19 heteroatoms. The van der Waals surface area contributed by atoms with E-state index in [1.165, 1.54) is 41.2 Å². The predicted octanol–water partition coefficient (Wildman–Crippen LogP) is 6.48. The lowest BCUT2D eigenvalue weighted by atomic mass is 10.1. The minimum Gasteiger partial charge on any atom is -0.461 e. The third-order valence-corrected chi connectivity index (χ3v) is 13.0. The Bertz CT molecular complexity index is 3450. The Kier molecular flexibility index (Phi) is 14.7. The van der Waals surface area contributed by atoms with Crippen molar-refractivity contribution in [3.63, 3.8) is 0 Å². The molecule has 0 atom stereocenters. The second kappa shape index (κ2) is 20.8. The molecule has 0 aliphatic rings. The van der Waals surface area contributed by atoms with Crippen molar-refractivity contribution in [2.24, 2.45) is 0 Å². The lowest BCUT2D eigenvalue weighted by molar-refractivity contribution is -0.142. The van der Waals surface area contributed by atoms with E-state index in [2.05, 4.69) is 19.9 Å². The number of aliphatic hydroxyl groups is 1. The highest BCUT2D eigenvalue weighted by molar-refractivity contribution is 7.91. The van der Waals surface area contributed by atoms with Gasteiger partial charge in [0.05, 0.1) is 63.0 Å². The van der Waals surface area contributed by atoms with Gasteiger partial charge in [0.15, 0.2) is 19.7 Å². The Morgan fingerprint density at radius 3 is 1.43 bits per heavy atom. The lowest BCUT2D eigenvalue weighted by Crippen LogP contribution is -2.31. The number of rotatable bonds is 13. The van der Waals surface area contributed by atoms with Gasteiger partial charge < -0.3 is 31.1 Å². The minimum atomic E-state index is -3.62. The number of para-hydroxylation sites is 2. The van der Waals surface area contributed by atoms with Crippen LogP contribution in [0.25, 0.3) is 21.8 Å². The summed E-state index contributed by atoms with van der Waals surface area (Å²) in [5.74, 6) is -0.747. The summed E-state index contributed by atoms with van der Waals surface area (Å²) in [5, 5.41) is 11.0. The number of nitrogen functional groups attached to an aromatic ring is 2. The van der Waals surface area contributed by atoms with E-state index in [1.54, 1.807) is 97.3 Å². The first-order valence-electron chi connectivity index (χ1n) is 21.0. The van der Waals surface area contributed by atoms with Crippen molar-refractivity contribution < 1.29 is 41.1 Å². The van der Waals surface area contributed by atoms with Crippen molar-refractivity contribution >= 4 is 82.3 Å². The Morgan fingerprint density at radius 1 is 0.594 bits per heavy atom. The monoisotopic (exact) mass is 966 g/mol. The Morgan fingerprint density at radius 2 is 1.03 bits per heavy atom. The SMILES string of the molecule is CC(=O)OCc1cc2ccc(CN(C(=O)c3cccnc3)c3ccccc3S(C)(=O)=O)cc2nc1N.CS(=O)(=O)c1ccccc1N(Cc1ccc2cc(CO)c(N)nc2c1)C(=O)c1cccnc1. The van der Waals surface area contributed by atoms with Crippen LogP contribution < -0.4 is 21.3 Å². The van der Waals surface area contributed by atoms with Crippen LogP contribution in [-0.2, 0) is 55.5 Å². The number of carbonyl (C=O) groups is 3. The van der Waals surface area contributed by atoms with Crippen LogP contribution in [0, 0.1) is 0 Å². The summed E-state index contributed by atoms with van der Waals surface area (Å²) in [6.07, 6.45) is 8.21. The first kappa shape index (κ1) is 48.8. The highest BCUT2D eigenvalue weighted by atomic mass is 32.2. The van der Waals surface area contributed by atoms with Crippen LogP contribution in [0.5, 0.6) is 0 Å². The smallest absolute Gasteiger partial charge is 0.302 e. The van der Waals surface area contributed by atoms with E-state index in [1.807, 2.05) is 24.3 Å². The van der Waals surface area contributed by atoms with Crippen LogP contribution in [0.3, 0.4) is 0 Å². The number of esters is 1. The maximum absolute atomic E-state index is 13.5. The molecular weight excluding hydrogens is 921 g/mol. The molecule has 0 bridgehead atoms. The van der Waals surface area contributed by atoms with Gasteiger partial charge in [0, 0.05) is 66.1 Å². The van der Waals surface area contributed by atoms with E-state index < -0.39 is 31.6 Å². The second-order valence-electron chi connectivity index (χ2n) is 15.8. The van der Waals surface area contributed by atoms with Gasteiger partial charge in [-0.3, -0.25) is 24.4 Å². The number of hydrogen-bond acceptors (Lipinski definition) is 15. The normalized spacial score (nSPS) is 11.4. The molecular formula is C50H46N8O9S2. The van der Waals surface area contributed by atoms with E-state index in [4.69, 9.17) is 16.2 Å². The topological polar surface area (TPSA) is 259 Å². The van der Waals surface area contributed by atoms with Gasteiger partial charge in [0.1, 0.15) is 18.2 Å². The van der Waals surface area contributed by atoms with Gasteiger partial charge in [0.25, 0.3) is 11.8 Å². The Labute approximate surface area is 397 Å². The van der Waals surface area contributed by atoms with Gasteiger partial charge in [-0.15, -0.1) is 0 Å². The van der Waals surface area contributed by atoms with E-state index in [0.29, 0.717) is 38.9 Å². The molecule has 0 aliphatic carbocycles. The van der Waals surface area contributed by atoms with E-state index in [-0.39, 0.29) is 65.0 Å². The van der Waals surface area contributed by atoms with Crippen LogP contribution in [0.4, 0.5) is 23.0 Å². The standard InChI is InChI=1S/C26H24N4O5S.C24H22N4O4S/c1-17(31)35-16-21-13-19-10-9-18(12-22(19)29-25(21)27)15-30(26(32)20-6-5-11-28-14-20)23-7-3-4-8-24(23)36(2,33)34;1-33(31,32)22-7-3-2-6-21(22)28(24(30)18-5-4-10-26-13-18)14-16-8-9-17-12-19(15-29)23(25)27-20(17)11-16/h3-14H,15-16H2,1-2H3,(H2,27,29);2-13,29H,14-15H2,1H3,(H2,25,27). The summed E-state index contributed by atoms with van der Waals surface area (Å²) in [5.41, 5.74) is 16.9. The molecule has 5 N–H and O–H groups in total. The quantitative estimate of drug-likeness (QED) is 0.104. The molecule has 0 saturated heterocycles. The van der Waals surface area contributed by atoms with Crippen LogP contribution in [-0.4, -0.2) is 72.2 Å². The number of aromatic nitrogens is 4. The number of benzene rings is 4. The third kappa shape index (κ3) is 11.7. The molecule has 352 valence electrons. The third-order valence-electron chi connectivity index (χ3n) is 10.7. The van der Waals surface area contributed by atoms with Gasteiger partial charge in [-0.2, -0.15) is 0 Å². The first-order chi connectivity index (χ1) is 32.9. The molecule has 4 heterocycles. The summed E-state index contributed by atoms with van der Waals surface area (Å²) < 4.78 is 54.9. The molecule has 8 aromatic rings. The molecule has 69 heavy (non-hydrogen) atoms. The number of anilines is 4. The van der Waals surface area contributed by atoms with Crippen molar-refractivity contribution in [3.05, 3.63) is 179 Å². The number of pyridine rings is 4. The van der Waals surface area contributed by atoms with Crippen molar-refractivity contribution in [2.75, 3.05) is 33.8 Å². The minimum absolute atomic E-state index is 0.0154. The summed E-state index contributed by atoms with van der Waals surface area (Å²) in [4.78, 5) is 57.9. The second-order valence-corrected chi connectivity index (χ2v) is 19.8. The highest BCUT2D eigenvalue weighted by Crippen LogP contribution is 2.31. The van der Waals surface area contributed by atoms with E-state index in [0.717, 1.165) is 28.8 Å². The fourth-order valence-electron chi connectivity index (χ4n) is 7.34. The van der Waals surface area contributed by atoms with Gasteiger partial charge >= 0.3 is 5.97 Å². The van der Waals surface area contributed by atoms with Gasteiger partial charge in [-0.1, -0.05) is 48.5 Å². The average molecular weight is 967 g/mol. The fourth-order valence-corrected chi connectivity index (χ4v) is 9.10. The molecule has 0 saturated carbocycles. The Hall–Kier alpha value is -8.13. The zero-order chi connectivity index (χ0) is 49.5. The molecule has 4 aromatic heterocycles. The van der Waals surface area contributed by atoms with Crippen LogP contribution in [0.1, 0.15) is 49.9 Å². The van der Waals surface area contributed by atoms with Crippen molar-refractivity contribution in [1.82, 2.24) is 19.9 Å². The molecule has 17 nitrogen and oxygen atoms in total. The maximum Gasteiger partial charge on any atom is 0.302 e. The van der Waals surface area contributed by atoms with Crippen LogP contribution in [0.15, 0.2) is 156 Å². The fraction of sp³-hybridized carbons (Fsp3) is 0.140. The van der Waals surface area contributed by atoms with E-state index >= 15 is 0 Å². The number of sulfone groups is 2. The molecule has 0 radical (unpaired) electrons. The van der Waals surface area contributed by atoms with Gasteiger partial charge in [-0.05, 0) is 83.9 Å². The molecule has 0 spiro atoms. The zero-order valence-corrected chi connectivity index (χ0v) is 39.2. The van der Waals surface area contributed by atoms with Crippen LogP contribution in [0.2, 0.25) is 0 Å². The summed E-state index contributed by atoms with van der Waals surface area (Å²) in [6.45, 7) is 1.29. The number of hydrogen-bond donors (Lipinski definition) is 3. The number of aliphatic hydroxyl groups excluding tert-OH is 1. The molecule has 4 aromatic carbocycles. The van der Waals surface area contributed by atoms with Crippen LogP contribution >= 0.6 is 0 Å². The summed E-state index contributed by atoms with van der Waals surface area (Å²) in [7, 11) is -7.21. The van der Waals surface area contributed by atoms with Crippen molar-refractivity contribution in [2.45, 2.75) is 43.0 Å². The number of amides is 2. The zero-order valence-electron chi connectivity index (χ0n) is 37.6. The van der Waals surface area contributed by atoms with Crippen molar-refractivity contribution in [3.8, 4) is 0 Å². The van der Waals surface area contributed by atoms with Gasteiger partial charge in [0.2, 0.25) is 0 Å². The van der Waals surface area contributed by atoms with E-state index in [9.17, 15) is 36.3 Å². The molecule has 8 rings (SSSR count). The number of ether oxygens (including phenoxy) is 1. The van der Waals surface area contributed by atoms with Gasteiger partial charge in [-0.25, -0.2) is 26.8 Å². The number of carbonyl (C=O) groups excluding carboxylic acids is 3. The summed E-state index contributed by atoms with van der Waals surface area (Å²) >= 11 is 0. The predicted molar refractivity (Wildman–Crippen MR) is 262 cm³/mol. The lowest BCUT2D eigenvalue weighted by Gasteiger charge is -2.25. The molecule has 0 fully saturated rings. The number of nitrogens with two attached hydrogens (primary N) is 2. The average Bonchev–Trinajstić information content (AvgIpc) is 3.33. The number of nitrogens with zero attached hydrogens (tertiary/aromatic N) is 6. The molecule has 2 amide bonds. The highest BCUT2D eigenvalue weighted by Gasteiger charge is 2.26. The molecule has 0 aliphatic heterocycles. The molecule has 0 unspecified atom stereocenters. The first-order valence-corrected chi connectivity index (χ1v) is 24.8.